The highest BCUT2D eigenvalue weighted by atomic mass is 35.5. The lowest BCUT2D eigenvalue weighted by molar-refractivity contribution is -0.136. The van der Waals surface area contributed by atoms with Crippen LogP contribution in [0.1, 0.15) is 18.9 Å². The van der Waals surface area contributed by atoms with Crippen LogP contribution in [0.3, 0.4) is 0 Å². The summed E-state index contributed by atoms with van der Waals surface area (Å²) in [4.78, 5) is 10.8. The molecule has 0 amide bonds. The van der Waals surface area contributed by atoms with Crippen LogP contribution in [0.15, 0.2) is 24.3 Å². The number of hydrogen-bond donors (Lipinski definition) is 1. The van der Waals surface area contributed by atoms with E-state index in [0.29, 0.717) is 10.6 Å². The van der Waals surface area contributed by atoms with Crippen molar-refractivity contribution in [2.45, 2.75) is 24.3 Å². The Hall–Kier alpha value is -1.07. The fourth-order valence-electron chi connectivity index (χ4n) is 1.54. The van der Waals surface area contributed by atoms with E-state index in [0.717, 1.165) is 0 Å². The first kappa shape index (κ1) is 14.0. The minimum Gasteiger partial charge on any atom is -0.480 e. The third-order valence-corrected chi connectivity index (χ3v) is 4.71. The lowest BCUT2D eigenvalue weighted by Crippen LogP contribution is -2.30. The molecule has 1 atom stereocenters. The Morgan fingerprint density at radius 1 is 1.47 bits per heavy atom. The lowest BCUT2D eigenvalue weighted by Gasteiger charge is -2.11. The standard InChI is InChI=1S/C11H13ClO4S/c1-2-10(11(13)14)17(15,16)7-8-4-3-5-9(12)6-8/h3-6,10H,2,7H2,1H3,(H,13,14). The molecule has 6 heteroatoms. The topological polar surface area (TPSA) is 71.4 Å². The zero-order chi connectivity index (χ0) is 13.1. The van der Waals surface area contributed by atoms with Gasteiger partial charge in [0.15, 0.2) is 15.1 Å². The van der Waals surface area contributed by atoms with Crippen LogP contribution in [0.4, 0.5) is 0 Å². The first-order valence-electron chi connectivity index (χ1n) is 5.05. The SMILES string of the molecule is CCC(C(=O)O)S(=O)(=O)Cc1cccc(Cl)c1. The molecule has 4 nitrogen and oxygen atoms in total. The second-order valence-corrected chi connectivity index (χ2v) is 6.29. The summed E-state index contributed by atoms with van der Waals surface area (Å²) in [6.45, 7) is 1.54. The Kier molecular flexibility index (Phi) is 4.54. The number of hydrogen-bond acceptors (Lipinski definition) is 3. The van der Waals surface area contributed by atoms with Crippen molar-refractivity contribution < 1.29 is 18.3 Å². The average Bonchev–Trinajstić information content (AvgIpc) is 2.16. The normalized spacial score (nSPS) is 13.3. The maximum absolute atomic E-state index is 11.9. The third kappa shape index (κ3) is 3.71. The van der Waals surface area contributed by atoms with Crippen molar-refractivity contribution >= 4 is 27.4 Å². The molecular formula is C11H13ClO4S. The summed E-state index contributed by atoms with van der Waals surface area (Å²) in [5.41, 5.74) is 0.497. The van der Waals surface area contributed by atoms with E-state index in [1.54, 1.807) is 18.2 Å². The molecular weight excluding hydrogens is 264 g/mol. The number of benzene rings is 1. The van der Waals surface area contributed by atoms with E-state index in [4.69, 9.17) is 16.7 Å². The fourth-order valence-corrected chi connectivity index (χ4v) is 3.42. The maximum atomic E-state index is 11.9. The molecule has 94 valence electrons. The number of carbonyl (C=O) groups is 1. The molecule has 1 aromatic carbocycles. The molecule has 1 aromatic rings. The monoisotopic (exact) mass is 276 g/mol. The third-order valence-electron chi connectivity index (χ3n) is 2.34. The van der Waals surface area contributed by atoms with Crippen LogP contribution < -0.4 is 0 Å². The minimum absolute atomic E-state index is 0.0538. The van der Waals surface area contributed by atoms with Gasteiger partial charge in [-0.2, -0.15) is 0 Å². The quantitative estimate of drug-likeness (QED) is 0.894. The molecule has 0 fully saturated rings. The minimum atomic E-state index is -3.70. The predicted molar refractivity (Wildman–Crippen MR) is 65.8 cm³/mol. The van der Waals surface area contributed by atoms with Crippen LogP contribution in [0.25, 0.3) is 0 Å². The summed E-state index contributed by atoms with van der Waals surface area (Å²) in [5, 5.41) is 7.91. The number of halogens is 1. The highest BCUT2D eigenvalue weighted by Crippen LogP contribution is 2.17. The van der Waals surface area contributed by atoms with Gasteiger partial charge in [0.05, 0.1) is 5.75 Å². The zero-order valence-electron chi connectivity index (χ0n) is 9.26. The van der Waals surface area contributed by atoms with Crippen LogP contribution >= 0.6 is 11.6 Å². The van der Waals surface area contributed by atoms with Crippen LogP contribution in [-0.2, 0) is 20.4 Å². The Morgan fingerprint density at radius 2 is 2.12 bits per heavy atom. The molecule has 17 heavy (non-hydrogen) atoms. The predicted octanol–water partition coefficient (Wildman–Crippen LogP) is 2.12. The number of aliphatic carboxylic acids is 1. The smallest absolute Gasteiger partial charge is 0.321 e. The summed E-state index contributed by atoms with van der Waals surface area (Å²) < 4.78 is 23.7. The molecule has 0 aliphatic carbocycles. The van der Waals surface area contributed by atoms with Gasteiger partial charge in [0.1, 0.15) is 0 Å². The first-order chi connectivity index (χ1) is 7.86. The van der Waals surface area contributed by atoms with Crippen LogP contribution in [0.2, 0.25) is 5.02 Å². The van der Waals surface area contributed by atoms with Gasteiger partial charge in [-0.25, -0.2) is 8.42 Å². The Balaban J connectivity index is 2.97. The van der Waals surface area contributed by atoms with Gasteiger partial charge in [0.2, 0.25) is 0 Å². The molecule has 0 bridgehead atoms. The van der Waals surface area contributed by atoms with E-state index in [1.165, 1.54) is 13.0 Å². The number of sulfone groups is 1. The second kappa shape index (κ2) is 5.51. The van der Waals surface area contributed by atoms with Crippen molar-refractivity contribution in [2.75, 3.05) is 0 Å². The van der Waals surface area contributed by atoms with Crippen molar-refractivity contribution in [1.82, 2.24) is 0 Å². The molecule has 0 aliphatic rings. The van der Waals surface area contributed by atoms with Gasteiger partial charge >= 0.3 is 5.97 Å². The van der Waals surface area contributed by atoms with E-state index < -0.39 is 21.1 Å². The van der Waals surface area contributed by atoms with Gasteiger partial charge in [0, 0.05) is 5.02 Å². The lowest BCUT2D eigenvalue weighted by atomic mass is 10.2. The summed E-state index contributed by atoms with van der Waals surface area (Å²) in [7, 11) is -3.70. The highest BCUT2D eigenvalue weighted by molar-refractivity contribution is 7.92. The molecule has 0 saturated carbocycles. The molecule has 1 unspecified atom stereocenters. The van der Waals surface area contributed by atoms with Crippen molar-refractivity contribution in [3.63, 3.8) is 0 Å². The molecule has 0 heterocycles. The number of carboxylic acids is 1. The first-order valence-corrected chi connectivity index (χ1v) is 7.15. The molecule has 0 radical (unpaired) electrons. The molecule has 1 N–H and O–H groups in total. The van der Waals surface area contributed by atoms with Gasteiger partial charge in [-0.05, 0) is 24.1 Å². The van der Waals surface area contributed by atoms with E-state index in [1.807, 2.05) is 0 Å². The summed E-state index contributed by atoms with van der Waals surface area (Å²) in [6.07, 6.45) is 0.0538. The van der Waals surface area contributed by atoms with Crippen LogP contribution in [0.5, 0.6) is 0 Å². The summed E-state index contributed by atoms with van der Waals surface area (Å²) >= 11 is 5.74. The number of rotatable bonds is 5. The van der Waals surface area contributed by atoms with Gasteiger partial charge in [-0.3, -0.25) is 4.79 Å². The molecule has 1 rings (SSSR count). The molecule has 0 aromatic heterocycles. The Labute approximate surface area is 105 Å². The fraction of sp³-hybridized carbons (Fsp3) is 0.364. The van der Waals surface area contributed by atoms with Crippen LogP contribution in [-0.4, -0.2) is 24.7 Å². The van der Waals surface area contributed by atoms with E-state index in [-0.39, 0.29) is 12.2 Å². The highest BCUT2D eigenvalue weighted by Gasteiger charge is 2.30. The van der Waals surface area contributed by atoms with Gasteiger partial charge < -0.3 is 5.11 Å². The summed E-state index contributed by atoms with van der Waals surface area (Å²) in [5.74, 6) is -1.62. The van der Waals surface area contributed by atoms with E-state index >= 15 is 0 Å². The van der Waals surface area contributed by atoms with E-state index in [9.17, 15) is 13.2 Å². The van der Waals surface area contributed by atoms with Crippen molar-refractivity contribution in [3.8, 4) is 0 Å². The summed E-state index contributed by atoms with van der Waals surface area (Å²) in [6, 6.07) is 6.40. The molecule has 0 saturated heterocycles. The van der Waals surface area contributed by atoms with Crippen LogP contribution in [0, 0.1) is 0 Å². The second-order valence-electron chi connectivity index (χ2n) is 3.67. The van der Waals surface area contributed by atoms with Crippen molar-refractivity contribution in [1.29, 1.82) is 0 Å². The number of carboxylic acid groups (broad SMARTS) is 1. The zero-order valence-corrected chi connectivity index (χ0v) is 10.8. The Bertz CT molecular complexity index is 510. The van der Waals surface area contributed by atoms with Crippen molar-refractivity contribution in [2.24, 2.45) is 0 Å². The van der Waals surface area contributed by atoms with E-state index in [2.05, 4.69) is 0 Å². The Morgan fingerprint density at radius 3 is 2.59 bits per heavy atom. The average molecular weight is 277 g/mol. The molecule has 0 aliphatic heterocycles. The van der Waals surface area contributed by atoms with Gasteiger partial charge in [-0.15, -0.1) is 0 Å². The van der Waals surface area contributed by atoms with Crippen molar-refractivity contribution in [3.05, 3.63) is 34.9 Å². The largest absolute Gasteiger partial charge is 0.480 e. The van der Waals surface area contributed by atoms with Gasteiger partial charge in [0.25, 0.3) is 0 Å². The molecule has 0 spiro atoms. The maximum Gasteiger partial charge on any atom is 0.321 e. The van der Waals surface area contributed by atoms with Gasteiger partial charge in [-0.1, -0.05) is 30.7 Å².